The van der Waals surface area contributed by atoms with Crippen LogP contribution in [0.25, 0.3) is 0 Å². The Bertz CT molecular complexity index is 1640. The average Bonchev–Trinajstić information content (AvgIpc) is 3.03. The quantitative estimate of drug-likeness (QED) is 0.155. The van der Waals surface area contributed by atoms with Gasteiger partial charge in [0, 0.05) is 27.6 Å². The second-order valence-corrected chi connectivity index (χ2v) is 14.0. The summed E-state index contributed by atoms with van der Waals surface area (Å²) in [5.74, 6) is -0.824. The van der Waals surface area contributed by atoms with Gasteiger partial charge in [-0.15, -0.1) is 0 Å². The van der Waals surface area contributed by atoms with Gasteiger partial charge in [0.2, 0.25) is 11.8 Å². The molecule has 0 heterocycles. The van der Waals surface area contributed by atoms with Crippen LogP contribution >= 0.6 is 34.2 Å². The van der Waals surface area contributed by atoms with Crippen molar-refractivity contribution in [3.63, 3.8) is 0 Å². The highest BCUT2D eigenvalue weighted by molar-refractivity contribution is 14.1. The van der Waals surface area contributed by atoms with Gasteiger partial charge >= 0.3 is 0 Å². The van der Waals surface area contributed by atoms with Crippen LogP contribution in [0.1, 0.15) is 31.4 Å². The zero-order valence-corrected chi connectivity index (χ0v) is 28.3. The van der Waals surface area contributed by atoms with Crippen molar-refractivity contribution in [2.24, 2.45) is 0 Å². The van der Waals surface area contributed by atoms with Crippen LogP contribution < -0.4 is 9.62 Å². The maximum atomic E-state index is 14.4. The molecule has 4 aromatic rings. The lowest BCUT2D eigenvalue weighted by atomic mass is 10.0. The largest absolute Gasteiger partial charge is 0.352 e. The second-order valence-electron chi connectivity index (χ2n) is 10.5. The van der Waals surface area contributed by atoms with Gasteiger partial charge in [0.05, 0.1) is 10.6 Å². The van der Waals surface area contributed by atoms with Crippen molar-refractivity contribution in [3.8, 4) is 0 Å². The fourth-order valence-electron chi connectivity index (χ4n) is 4.64. The Kier molecular flexibility index (Phi) is 11.8. The molecule has 4 aromatic carbocycles. The Morgan fingerprint density at radius 2 is 1.43 bits per heavy atom. The summed E-state index contributed by atoms with van der Waals surface area (Å²) >= 11 is 8.29. The van der Waals surface area contributed by atoms with Gasteiger partial charge in [-0.2, -0.15) is 0 Å². The van der Waals surface area contributed by atoms with Crippen molar-refractivity contribution in [3.05, 3.63) is 129 Å². The Morgan fingerprint density at radius 1 is 0.841 bits per heavy atom. The number of hydrogen-bond acceptors (Lipinski definition) is 4. The van der Waals surface area contributed by atoms with Crippen LogP contribution in [0.3, 0.4) is 0 Å². The Balaban J connectivity index is 1.79. The molecule has 0 aliphatic heterocycles. The van der Waals surface area contributed by atoms with E-state index in [1.807, 2.05) is 44.2 Å². The smallest absolute Gasteiger partial charge is 0.264 e. The molecule has 7 nitrogen and oxygen atoms in total. The van der Waals surface area contributed by atoms with Crippen molar-refractivity contribution < 1.29 is 18.0 Å². The van der Waals surface area contributed by atoms with Crippen molar-refractivity contribution in [2.75, 3.05) is 10.8 Å². The number of nitrogens with zero attached hydrogens (tertiary/aromatic N) is 2. The van der Waals surface area contributed by atoms with E-state index in [9.17, 15) is 18.0 Å². The number of benzene rings is 4. The van der Waals surface area contributed by atoms with Crippen LogP contribution in [-0.4, -0.2) is 43.8 Å². The first-order valence-electron chi connectivity index (χ1n) is 14.3. The molecular formula is C34H35ClIN3O4S. The lowest BCUT2D eigenvalue weighted by molar-refractivity contribution is -0.140. The molecule has 0 spiro atoms. The molecular weight excluding hydrogens is 709 g/mol. The number of amides is 2. The van der Waals surface area contributed by atoms with Crippen molar-refractivity contribution in [2.45, 2.75) is 50.2 Å². The first-order chi connectivity index (χ1) is 21.1. The number of sulfonamides is 1. The third kappa shape index (κ3) is 8.83. The predicted octanol–water partition coefficient (Wildman–Crippen LogP) is 6.69. The summed E-state index contributed by atoms with van der Waals surface area (Å²) in [6.45, 7) is 3.45. The molecule has 0 saturated heterocycles. The minimum Gasteiger partial charge on any atom is -0.352 e. The van der Waals surface area contributed by atoms with E-state index in [2.05, 4.69) is 27.9 Å². The van der Waals surface area contributed by atoms with Crippen molar-refractivity contribution in [1.29, 1.82) is 0 Å². The fraction of sp³-hybridized carbons (Fsp3) is 0.235. The summed E-state index contributed by atoms with van der Waals surface area (Å²) in [7, 11) is -4.14. The van der Waals surface area contributed by atoms with E-state index in [0.29, 0.717) is 17.1 Å². The summed E-state index contributed by atoms with van der Waals surface area (Å²) in [6.07, 6.45) is 0.961. The molecule has 10 heteroatoms. The van der Waals surface area contributed by atoms with Crippen molar-refractivity contribution >= 4 is 61.7 Å². The highest BCUT2D eigenvalue weighted by Crippen LogP contribution is 2.26. The van der Waals surface area contributed by atoms with Crippen LogP contribution in [0.15, 0.2) is 114 Å². The monoisotopic (exact) mass is 743 g/mol. The van der Waals surface area contributed by atoms with Gasteiger partial charge in [-0.1, -0.05) is 79.2 Å². The van der Waals surface area contributed by atoms with Gasteiger partial charge in [0.25, 0.3) is 10.0 Å². The van der Waals surface area contributed by atoms with Gasteiger partial charge in [-0.05, 0) is 95.6 Å². The Hall–Kier alpha value is -3.41. The molecule has 2 unspecified atom stereocenters. The maximum Gasteiger partial charge on any atom is 0.264 e. The van der Waals surface area contributed by atoms with E-state index in [1.54, 1.807) is 66.7 Å². The topological polar surface area (TPSA) is 86.8 Å². The molecule has 0 bridgehead atoms. The standard InChI is InChI=1S/C34H35ClIN3O4S/c1-3-25(2)37-34(41)32(22-26-10-6-4-7-11-26)38(23-27-14-16-28(35)17-15-27)33(40)24-39(30-20-18-29(36)19-21-30)44(42,43)31-12-8-5-9-13-31/h4-21,25,32H,3,22-24H2,1-2H3,(H,37,41). The summed E-state index contributed by atoms with van der Waals surface area (Å²) in [4.78, 5) is 29.8. The van der Waals surface area contributed by atoms with Gasteiger partial charge in [-0.3, -0.25) is 13.9 Å². The Morgan fingerprint density at radius 3 is 2.02 bits per heavy atom. The lowest BCUT2D eigenvalue weighted by Gasteiger charge is -2.34. The summed E-state index contributed by atoms with van der Waals surface area (Å²) in [5, 5.41) is 3.58. The Labute approximate surface area is 278 Å². The van der Waals surface area contributed by atoms with Crippen LogP contribution in [-0.2, 0) is 32.6 Å². The van der Waals surface area contributed by atoms with E-state index < -0.39 is 28.5 Å². The van der Waals surface area contributed by atoms with E-state index in [4.69, 9.17) is 11.6 Å². The maximum absolute atomic E-state index is 14.4. The van der Waals surface area contributed by atoms with Gasteiger partial charge < -0.3 is 10.2 Å². The average molecular weight is 744 g/mol. The van der Waals surface area contributed by atoms with Crippen molar-refractivity contribution in [1.82, 2.24) is 10.2 Å². The highest BCUT2D eigenvalue weighted by Gasteiger charge is 2.35. The van der Waals surface area contributed by atoms with Gasteiger partial charge in [0.1, 0.15) is 12.6 Å². The van der Waals surface area contributed by atoms with Crippen LogP contribution in [0.5, 0.6) is 0 Å². The number of rotatable bonds is 13. The number of carbonyl (C=O) groups is 2. The molecule has 230 valence electrons. The molecule has 0 aromatic heterocycles. The third-order valence-electron chi connectivity index (χ3n) is 7.26. The lowest BCUT2D eigenvalue weighted by Crippen LogP contribution is -2.54. The molecule has 2 atom stereocenters. The summed E-state index contributed by atoms with van der Waals surface area (Å²) in [6, 6.07) is 30.5. The zero-order valence-electron chi connectivity index (χ0n) is 24.6. The molecule has 4 rings (SSSR count). The SMILES string of the molecule is CCC(C)NC(=O)C(Cc1ccccc1)N(Cc1ccc(Cl)cc1)C(=O)CN(c1ccc(I)cc1)S(=O)(=O)c1ccccc1. The molecule has 2 amide bonds. The summed E-state index contributed by atoms with van der Waals surface area (Å²) < 4.78 is 30.1. The summed E-state index contributed by atoms with van der Waals surface area (Å²) in [5.41, 5.74) is 1.97. The highest BCUT2D eigenvalue weighted by atomic mass is 127. The minimum absolute atomic E-state index is 0.0611. The van der Waals surface area contributed by atoms with Gasteiger partial charge in [0.15, 0.2) is 0 Å². The van der Waals surface area contributed by atoms with E-state index >= 15 is 0 Å². The number of halogens is 2. The predicted molar refractivity (Wildman–Crippen MR) is 184 cm³/mol. The minimum atomic E-state index is -4.14. The first-order valence-corrected chi connectivity index (χ1v) is 17.2. The van der Waals surface area contributed by atoms with Crippen LogP contribution in [0.2, 0.25) is 5.02 Å². The number of carbonyl (C=O) groups excluding carboxylic acids is 2. The molecule has 44 heavy (non-hydrogen) atoms. The molecule has 0 aliphatic carbocycles. The van der Waals surface area contributed by atoms with E-state index in [0.717, 1.165) is 19.0 Å². The number of hydrogen-bond donors (Lipinski definition) is 1. The van der Waals surface area contributed by atoms with E-state index in [1.165, 1.54) is 17.0 Å². The van der Waals surface area contributed by atoms with E-state index in [-0.39, 0.29) is 29.8 Å². The number of anilines is 1. The number of nitrogens with one attached hydrogen (secondary N) is 1. The fourth-order valence-corrected chi connectivity index (χ4v) is 6.56. The molecule has 0 aliphatic rings. The normalized spacial score (nSPS) is 12.6. The molecule has 0 fully saturated rings. The third-order valence-corrected chi connectivity index (χ3v) is 10.0. The van der Waals surface area contributed by atoms with Crippen LogP contribution in [0, 0.1) is 3.57 Å². The first kappa shape index (κ1) is 33.5. The molecule has 0 radical (unpaired) electrons. The molecule has 1 N–H and O–H groups in total. The molecule has 0 saturated carbocycles. The second kappa shape index (κ2) is 15.5. The zero-order chi connectivity index (χ0) is 31.7. The van der Waals surface area contributed by atoms with Gasteiger partial charge in [-0.25, -0.2) is 8.42 Å². The van der Waals surface area contributed by atoms with Crippen LogP contribution in [0.4, 0.5) is 5.69 Å².